The van der Waals surface area contributed by atoms with Crippen LogP contribution in [0.2, 0.25) is 0 Å². The van der Waals surface area contributed by atoms with Crippen molar-refractivity contribution in [3.63, 3.8) is 0 Å². The summed E-state index contributed by atoms with van der Waals surface area (Å²) >= 11 is 0. The molecule has 1 aromatic rings. The largest absolute Gasteiger partial charge is 0.300 e. The second-order valence-electron chi connectivity index (χ2n) is 5.58. The maximum absolute atomic E-state index is 2.63. The normalized spacial score (nSPS) is 34.2. The van der Waals surface area contributed by atoms with Gasteiger partial charge in [0.25, 0.3) is 0 Å². The molecular weight excluding hydrogens is 194 g/mol. The molecule has 2 bridgehead atoms. The SMILES string of the molecule is CN1[C@@H]2CC[C@H]1CC(Cc1ccccc1)C2. The average molecular weight is 215 g/mol. The third kappa shape index (κ3) is 1.89. The van der Waals surface area contributed by atoms with Crippen LogP contribution in [0.25, 0.3) is 0 Å². The highest BCUT2D eigenvalue weighted by Crippen LogP contribution is 2.38. The van der Waals surface area contributed by atoms with Crippen LogP contribution in [0.15, 0.2) is 30.3 Å². The van der Waals surface area contributed by atoms with Crippen LogP contribution in [-0.2, 0) is 6.42 Å². The highest BCUT2D eigenvalue weighted by molar-refractivity contribution is 5.15. The van der Waals surface area contributed by atoms with Gasteiger partial charge in [-0.2, -0.15) is 0 Å². The molecule has 3 atom stereocenters. The molecule has 1 aromatic carbocycles. The summed E-state index contributed by atoms with van der Waals surface area (Å²) in [7, 11) is 2.32. The Kier molecular flexibility index (Phi) is 2.72. The monoisotopic (exact) mass is 215 g/mol. The van der Waals surface area contributed by atoms with Crippen molar-refractivity contribution in [2.75, 3.05) is 7.05 Å². The summed E-state index contributed by atoms with van der Waals surface area (Å²) in [5.41, 5.74) is 1.52. The predicted molar refractivity (Wildman–Crippen MR) is 67.4 cm³/mol. The fraction of sp³-hybridized carbons (Fsp3) is 0.600. The maximum Gasteiger partial charge on any atom is 0.00984 e. The molecule has 2 aliphatic heterocycles. The van der Waals surface area contributed by atoms with E-state index in [9.17, 15) is 0 Å². The number of hydrogen-bond donors (Lipinski definition) is 0. The van der Waals surface area contributed by atoms with Gasteiger partial charge in [0.15, 0.2) is 0 Å². The van der Waals surface area contributed by atoms with Gasteiger partial charge in [-0.25, -0.2) is 0 Å². The van der Waals surface area contributed by atoms with Crippen molar-refractivity contribution < 1.29 is 0 Å². The second-order valence-corrected chi connectivity index (χ2v) is 5.58. The molecule has 2 fully saturated rings. The van der Waals surface area contributed by atoms with Gasteiger partial charge in [0.1, 0.15) is 0 Å². The van der Waals surface area contributed by atoms with Crippen LogP contribution >= 0.6 is 0 Å². The maximum atomic E-state index is 2.63. The third-order valence-electron chi connectivity index (χ3n) is 4.56. The van der Waals surface area contributed by atoms with Gasteiger partial charge in [0, 0.05) is 12.1 Å². The van der Waals surface area contributed by atoms with Gasteiger partial charge in [-0.3, -0.25) is 0 Å². The zero-order chi connectivity index (χ0) is 11.0. The summed E-state index contributed by atoms with van der Waals surface area (Å²) < 4.78 is 0. The van der Waals surface area contributed by atoms with Crippen molar-refractivity contribution in [1.29, 1.82) is 0 Å². The van der Waals surface area contributed by atoms with Gasteiger partial charge in [-0.05, 0) is 50.6 Å². The van der Waals surface area contributed by atoms with E-state index in [1.165, 1.54) is 37.7 Å². The molecule has 0 saturated carbocycles. The molecule has 0 N–H and O–H groups in total. The minimum Gasteiger partial charge on any atom is -0.300 e. The number of fused-ring (bicyclic) bond motifs is 2. The number of piperidine rings is 1. The number of rotatable bonds is 2. The van der Waals surface area contributed by atoms with E-state index in [1.807, 2.05) is 0 Å². The van der Waals surface area contributed by atoms with Crippen molar-refractivity contribution in [3.05, 3.63) is 35.9 Å². The van der Waals surface area contributed by atoms with Crippen LogP contribution in [0.1, 0.15) is 31.2 Å². The van der Waals surface area contributed by atoms with E-state index in [0.717, 1.165) is 18.0 Å². The molecule has 16 heavy (non-hydrogen) atoms. The van der Waals surface area contributed by atoms with E-state index in [-0.39, 0.29) is 0 Å². The summed E-state index contributed by atoms with van der Waals surface area (Å²) in [6.45, 7) is 0. The fourth-order valence-electron chi connectivity index (χ4n) is 3.64. The topological polar surface area (TPSA) is 3.24 Å². The summed E-state index contributed by atoms with van der Waals surface area (Å²) in [5, 5.41) is 0. The van der Waals surface area contributed by atoms with Crippen LogP contribution in [0.3, 0.4) is 0 Å². The van der Waals surface area contributed by atoms with Crippen molar-refractivity contribution in [1.82, 2.24) is 4.90 Å². The smallest absolute Gasteiger partial charge is 0.00984 e. The van der Waals surface area contributed by atoms with Crippen LogP contribution in [0.5, 0.6) is 0 Å². The lowest BCUT2D eigenvalue weighted by Gasteiger charge is -2.36. The first kappa shape index (κ1) is 10.3. The predicted octanol–water partition coefficient (Wildman–Crippen LogP) is 3.10. The van der Waals surface area contributed by atoms with Crippen molar-refractivity contribution in [2.45, 2.75) is 44.2 Å². The molecule has 0 aliphatic carbocycles. The molecule has 0 radical (unpaired) electrons. The van der Waals surface area contributed by atoms with Crippen LogP contribution in [0, 0.1) is 5.92 Å². The van der Waals surface area contributed by atoms with Crippen LogP contribution in [-0.4, -0.2) is 24.0 Å². The average Bonchev–Trinajstić information content (AvgIpc) is 2.54. The zero-order valence-corrected chi connectivity index (χ0v) is 10.1. The van der Waals surface area contributed by atoms with Gasteiger partial charge < -0.3 is 4.90 Å². The minimum atomic E-state index is 0.882. The number of hydrogen-bond acceptors (Lipinski definition) is 1. The Morgan fingerprint density at radius 2 is 1.69 bits per heavy atom. The molecule has 2 aliphatic rings. The van der Waals surface area contributed by atoms with E-state index < -0.39 is 0 Å². The van der Waals surface area contributed by atoms with E-state index in [4.69, 9.17) is 0 Å². The second kappa shape index (κ2) is 4.21. The van der Waals surface area contributed by atoms with E-state index in [0.29, 0.717) is 0 Å². The Hall–Kier alpha value is -0.820. The summed E-state index contributed by atoms with van der Waals surface area (Å²) in [6.07, 6.45) is 7.00. The summed E-state index contributed by atoms with van der Waals surface area (Å²) in [6, 6.07) is 12.8. The van der Waals surface area contributed by atoms with Crippen molar-refractivity contribution >= 4 is 0 Å². The van der Waals surface area contributed by atoms with Gasteiger partial charge in [0.2, 0.25) is 0 Å². The van der Waals surface area contributed by atoms with E-state index in [2.05, 4.69) is 42.3 Å². The lowest BCUT2D eigenvalue weighted by Crippen LogP contribution is -2.40. The van der Waals surface area contributed by atoms with Gasteiger partial charge >= 0.3 is 0 Å². The lowest BCUT2D eigenvalue weighted by molar-refractivity contribution is 0.134. The van der Waals surface area contributed by atoms with Gasteiger partial charge in [-0.1, -0.05) is 30.3 Å². The van der Waals surface area contributed by atoms with Crippen molar-refractivity contribution in [3.8, 4) is 0 Å². The summed E-state index contributed by atoms with van der Waals surface area (Å²) in [4.78, 5) is 2.63. The number of benzene rings is 1. The highest BCUT2D eigenvalue weighted by atomic mass is 15.2. The van der Waals surface area contributed by atoms with E-state index >= 15 is 0 Å². The Morgan fingerprint density at radius 3 is 2.31 bits per heavy atom. The van der Waals surface area contributed by atoms with Crippen LogP contribution < -0.4 is 0 Å². The quantitative estimate of drug-likeness (QED) is 0.732. The molecule has 1 nitrogen and oxygen atoms in total. The molecule has 2 saturated heterocycles. The van der Waals surface area contributed by atoms with E-state index in [1.54, 1.807) is 0 Å². The molecule has 0 aromatic heterocycles. The first-order valence-corrected chi connectivity index (χ1v) is 6.59. The minimum absolute atomic E-state index is 0.882. The molecule has 3 rings (SSSR count). The molecule has 2 heterocycles. The Balaban J connectivity index is 1.66. The molecular formula is C15H21N. The van der Waals surface area contributed by atoms with Crippen molar-refractivity contribution in [2.24, 2.45) is 5.92 Å². The first-order valence-electron chi connectivity index (χ1n) is 6.59. The Morgan fingerprint density at radius 1 is 1.06 bits per heavy atom. The van der Waals surface area contributed by atoms with Gasteiger partial charge in [0.05, 0.1) is 0 Å². The third-order valence-corrected chi connectivity index (χ3v) is 4.56. The van der Waals surface area contributed by atoms with Crippen LogP contribution in [0.4, 0.5) is 0 Å². The molecule has 0 amide bonds. The highest BCUT2D eigenvalue weighted by Gasteiger charge is 2.37. The standard InChI is InChI=1S/C15H21N/c1-16-14-7-8-15(16)11-13(10-14)9-12-5-3-2-4-6-12/h2-6,13-15H,7-11H2,1H3/t13?,14-,15+. The zero-order valence-electron chi connectivity index (χ0n) is 10.1. The Labute approximate surface area is 98.5 Å². The molecule has 0 spiro atoms. The number of nitrogens with zero attached hydrogens (tertiary/aromatic N) is 1. The lowest BCUT2D eigenvalue weighted by atomic mass is 9.86. The first-order chi connectivity index (χ1) is 7.83. The van der Waals surface area contributed by atoms with Gasteiger partial charge in [-0.15, -0.1) is 0 Å². The molecule has 86 valence electrons. The summed E-state index contributed by atoms with van der Waals surface area (Å²) in [5.74, 6) is 0.927. The molecule has 1 unspecified atom stereocenters. The Bertz CT molecular complexity index is 332. The fourth-order valence-corrected chi connectivity index (χ4v) is 3.64. The molecule has 1 heteroatoms.